The Morgan fingerprint density at radius 1 is 0.375 bits per heavy atom. The highest BCUT2D eigenvalue weighted by atomic mass is 127. The first-order chi connectivity index (χ1) is 27.2. The van der Waals surface area contributed by atoms with E-state index < -0.39 is 0 Å². The fourth-order valence-electron chi connectivity index (χ4n) is 6.00. The maximum absolute atomic E-state index is 5.70. The summed E-state index contributed by atoms with van der Waals surface area (Å²) in [4.78, 5) is 0. The zero-order valence-corrected chi connectivity index (χ0v) is 39.4. The van der Waals surface area contributed by atoms with Crippen molar-refractivity contribution in [3.8, 4) is 22.3 Å². The van der Waals surface area contributed by atoms with Crippen LogP contribution in [0.15, 0.2) is 155 Å². The average Bonchev–Trinajstić information content (AvgIpc) is 3.22. The molecule has 0 atom stereocenters. The number of anilines is 1. The fraction of sp³-hybridized carbons (Fsp3) is 0.308. The quantitative estimate of drug-likeness (QED) is 0.0657. The van der Waals surface area contributed by atoms with Gasteiger partial charge in [0.2, 0.25) is 0 Å². The van der Waals surface area contributed by atoms with Gasteiger partial charge in [-0.1, -0.05) is 202 Å². The maximum Gasteiger partial charge on any atom is 0.0314 e. The second-order valence-electron chi connectivity index (χ2n) is 14.2. The number of unbranched alkanes of at least 4 members (excludes halogenated alkanes) is 6. The monoisotopic (exact) mass is 985 g/mol. The van der Waals surface area contributed by atoms with Crippen LogP contribution in [0.4, 0.5) is 5.69 Å². The molecule has 6 rings (SSSR count). The minimum atomic E-state index is 0.815. The molecule has 0 heterocycles. The molecule has 1 nitrogen and oxygen atoms in total. The van der Waals surface area contributed by atoms with Crippen LogP contribution in [0.2, 0.25) is 0 Å². The van der Waals surface area contributed by atoms with E-state index in [1.165, 1.54) is 119 Å². The molecule has 6 aromatic rings. The van der Waals surface area contributed by atoms with Crippen molar-refractivity contribution in [3.63, 3.8) is 0 Å². The van der Waals surface area contributed by atoms with E-state index >= 15 is 0 Å². The zero-order chi connectivity index (χ0) is 40.4. The van der Waals surface area contributed by atoms with Crippen molar-refractivity contribution in [1.29, 1.82) is 0 Å². The van der Waals surface area contributed by atoms with Gasteiger partial charge >= 0.3 is 0 Å². The van der Waals surface area contributed by atoms with Crippen LogP contribution in [-0.2, 0) is 19.3 Å². The van der Waals surface area contributed by atoms with Crippen LogP contribution in [0.25, 0.3) is 22.3 Å². The number of rotatable bonds is 14. The summed E-state index contributed by atoms with van der Waals surface area (Å²) >= 11 is 9.11. The third kappa shape index (κ3) is 19.3. The Morgan fingerprint density at radius 3 is 1.00 bits per heavy atom. The van der Waals surface area contributed by atoms with Gasteiger partial charge in [-0.15, -0.1) is 0 Å². The van der Waals surface area contributed by atoms with Gasteiger partial charge in [0.25, 0.3) is 0 Å². The Kier molecular flexibility index (Phi) is 23.8. The van der Waals surface area contributed by atoms with Crippen LogP contribution < -0.4 is 5.73 Å². The van der Waals surface area contributed by atoms with E-state index in [0.717, 1.165) is 21.1 Å². The number of hydrogen-bond donors (Lipinski definition) is 1. The summed E-state index contributed by atoms with van der Waals surface area (Å²) in [5.74, 6) is 0. The van der Waals surface area contributed by atoms with Crippen molar-refractivity contribution in [1.82, 2.24) is 0 Å². The van der Waals surface area contributed by atoms with Crippen molar-refractivity contribution in [2.75, 3.05) is 5.73 Å². The Balaban J connectivity index is 0.000000234. The van der Waals surface area contributed by atoms with Crippen LogP contribution in [0.5, 0.6) is 0 Å². The molecule has 6 aromatic carbocycles. The van der Waals surface area contributed by atoms with E-state index in [9.17, 15) is 0 Å². The number of nitrogens with two attached hydrogens (primary N) is 1. The van der Waals surface area contributed by atoms with Gasteiger partial charge in [-0.25, -0.2) is 0 Å². The maximum atomic E-state index is 5.70. The number of aryl methyl sites for hydroxylation is 2. The lowest BCUT2D eigenvalue weighted by Crippen LogP contribution is -1.89. The summed E-state index contributed by atoms with van der Waals surface area (Å²) in [5, 5.41) is 0. The minimum Gasteiger partial charge on any atom is -0.399 e. The normalized spacial score (nSPS) is 10.3. The Hall–Kier alpha value is -3.19. The molecule has 0 radical (unpaired) electrons. The van der Waals surface area contributed by atoms with Gasteiger partial charge in [-0.3, -0.25) is 0 Å². The molecule has 0 saturated heterocycles. The summed E-state index contributed by atoms with van der Waals surface area (Å²) in [6, 6.07) is 51.7. The van der Waals surface area contributed by atoms with E-state index in [0.29, 0.717) is 0 Å². The Bertz CT molecular complexity index is 1840. The minimum absolute atomic E-state index is 0.815. The van der Waals surface area contributed by atoms with E-state index in [4.69, 9.17) is 5.73 Å². The van der Waals surface area contributed by atoms with Gasteiger partial charge in [-0.2, -0.15) is 0 Å². The fourth-order valence-corrected chi connectivity index (χ4v) is 6.89. The molecule has 0 aliphatic rings. The second-order valence-corrected chi connectivity index (χ2v) is 17.3. The summed E-state index contributed by atoms with van der Waals surface area (Å²) in [6.07, 6.45) is 15.2. The highest BCUT2D eigenvalue weighted by Crippen LogP contribution is 2.24. The zero-order valence-electron chi connectivity index (χ0n) is 34.1. The van der Waals surface area contributed by atoms with Crippen molar-refractivity contribution in [3.05, 3.63) is 180 Å². The van der Waals surface area contributed by atoms with E-state index in [-0.39, 0.29) is 0 Å². The molecular weight excluding hydrogens is 925 g/mol. The predicted octanol–water partition coefficient (Wildman–Crippen LogP) is 17.4. The first-order valence-electron chi connectivity index (χ1n) is 20.5. The molecule has 0 spiro atoms. The SMILES string of the molecule is Brc1ccc(I)cc1.CCCCC.CCCCCc1ccc(-c2ccc(Cc3ccc(Br)cc3)cc2)cc1.CCCCCc1ccc(-c2ccc(N)cc2)cc1. The third-order valence-corrected chi connectivity index (χ3v) is 11.2. The number of halogens is 3. The number of hydrogen-bond acceptors (Lipinski definition) is 1. The van der Waals surface area contributed by atoms with E-state index in [1.807, 2.05) is 24.3 Å². The first kappa shape index (κ1) is 47.2. The number of nitrogen functional groups attached to an aromatic ring is 1. The van der Waals surface area contributed by atoms with Crippen molar-refractivity contribution >= 4 is 60.1 Å². The van der Waals surface area contributed by atoms with Gasteiger partial charge in [-0.05, 0) is 148 Å². The molecule has 0 aliphatic heterocycles. The molecule has 0 aliphatic carbocycles. The van der Waals surface area contributed by atoms with Gasteiger partial charge in [0, 0.05) is 18.2 Å². The molecule has 0 fully saturated rings. The second kappa shape index (κ2) is 28.2. The predicted molar refractivity (Wildman–Crippen MR) is 264 cm³/mol. The lowest BCUT2D eigenvalue weighted by atomic mass is 9.99. The number of benzene rings is 6. The Morgan fingerprint density at radius 2 is 0.679 bits per heavy atom. The molecule has 0 aromatic heterocycles. The summed E-state index contributed by atoms with van der Waals surface area (Å²) < 4.78 is 3.54. The Labute approximate surface area is 370 Å². The molecule has 0 saturated carbocycles. The highest BCUT2D eigenvalue weighted by Gasteiger charge is 2.02. The molecular formula is C52H62Br2IN. The van der Waals surface area contributed by atoms with Crippen molar-refractivity contribution in [2.24, 2.45) is 0 Å². The molecule has 0 unspecified atom stereocenters. The molecule has 0 amide bonds. The molecule has 296 valence electrons. The van der Waals surface area contributed by atoms with Crippen molar-refractivity contribution in [2.45, 2.75) is 105 Å². The smallest absolute Gasteiger partial charge is 0.0314 e. The molecule has 2 N–H and O–H groups in total. The van der Waals surface area contributed by atoms with Gasteiger partial charge < -0.3 is 5.73 Å². The highest BCUT2D eigenvalue weighted by molar-refractivity contribution is 14.1. The summed E-state index contributed by atoms with van der Waals surface area (Å²) in [7, 11) is 0. The molecule has 56 heavy (non-hydrogen) atoms. The molecule has 4 heteroatoms. The largest absolute Gasteiger partial charge is 0.399 e. The van der Waals surface area contributed by atoms with Gasteiger partial charge in [0.05, 0.1) is 0 Å². The summed E-state index contributed by atoms with van der Waals surface area (Å²) in [6.45, 7) is 8.92. The van der Waals surface area contributed by atoms with E-state index in [1.54, 1.807) is 0 Å². The lowest BCUT2D eigenvalue weighted by molar-refractivity contribution is 0.717. The molecule has 0 bridgehead atoms. The average molecular weight is 988 g/mol. The van der Waals surface area contributed by atoms with Gasteiger partial charge in [0.1, 0.15) is 0 Å². The van der Waals surface area contributed by atoms with Crippen LogP contribution in [0.1, 0.15) is 108 Å². The summed E-state index contributed by atoms with van der Waals surface area (Å²) in [5.41, 5.74) is 17.2. The third-order valence-electron chi connectivity index (χ3n) is 9.41. The van der Waals surface area contributed by atoms with Gasteiger partial charge in [0.15, 0.2) is 0 Å². The topological polar surface area (TPSA) is 26.0 Å². The van der Waals surface area contributed by atoms with Crippen LogP contribution in [-0.4, -0.2) is 0 Å². The van der Waals surface area contributed by atoms with Crippen molar-refractivity contribution < 1.29 is 0 Å². The van der Waals surface area contributed by atoms with Crippen LogP contribution in [0.3, 0.4) is 0 Å². The first-order valence-corrected chi connectivity index (χ1v) is 23.2. The van der Waals surface area contributed by atoms with E-state index in [2.05, 4.69) is 203 Å². The lowest BCUT2D eigenvalue weighted by Gasteiger charge is -2.07. The standard InChI is InChI=1S/C24H25Br.C17H21N.C6H4BrI.C5H12/c1-2-3-4-5-19-6-12-22(13-7-19)23-14-8-20(9-15-23)18-21-10-16-24(25)17-11-21;1-2-3-4-5-14-6-8-15(9-7-14)16-10-12-17(18)13-11-16;7-5-1-3-6(8)4-2-5;1-3-5-4-2/h6-17H,2-5,18H2,1H3;6-13H,2-5,18H2,1H3;1-4H;3-5H2,1-2H3. The van der Waals surface area contributed by atoms with Crippen LogP contribution in [0, 0.1) is 3.57 Å². The van der Waals surface area contributed by atoms with Crippen LogP contribution >= 0.6 is 54.5 Å².